The average Bonchev–Trinajstić information content (AvgIpc) is 2.18. The van der Waals surface area contributed by atoms with Crippen molar-refractivity contribution < 1.29 is 9.47 Å². The van der Waals surface area contributed by atoms with Crippen molar-refractivity contribution in [1.29, 1.82) is 0 Å². The zero-order chi connectivity index (χ0) is 10.8. The first-order valence-corrected chi connectivity index (χ1v) is 6.40. The lowest BCUT2D eigenvalue weighted by Crippen LogP contribution is -2.48. The van der Waals surface area contributed by atoms with Crippen molar-refractivity contribution in [3.8, 4) is 0 Å². The van der Waals surface area contributed by atoms with Crippen LogP contribution in [0.1, 0.15) is 52.4 Å². The molecule has 0 atom stereocenters. The van der Waals surface area contributed by atoms with Gasteiger partial charge in [0.25, 0.3) is 0 Å². The second-order valence-corrected chi connectivity index (χ2v) is 5.65. The molecule has 0 aromatic heterocycles. The smallest absolute Gasteiger partial charge is 0.0654 e. The van der Waals surface area contributed by atoms with E-state index in [0.717, 1.165) is 19.8 Å². The number of hydrogen-bond acceptors (Lipinski definition) is 2. The van der Waals surface area contributed by atoms with Crippen LogP contribution in [0.5, 0.6) is 0 Å². The molecule has 2 fully saturated rings. The van der Waals surface area contributed by atoms with Crippen LogP contribution in [0.3, 0.4) is 0 Å². The van der Waals surface area contributed by atoms with Crippen LogP contribution in [0.25, 0.3) is 0 Å². The lowest BCUT2D eigenvalue weighted by molar-refractivity contribution is -0.182. The van der Waals surface area contributed by atoms with E-state index in [-0.39, 0.29) is 5.60 Å². The summed E-state index contributed by atoms with van der Waals surface area (Å²) >= 11 is 0. The summed E-state index contributed by atoms with van der Waals surface area (Å²) in [5.41, 5.74) is 0.510. The Balaban J connectivity index is 1.80. The normalized spacial score (nSPS) is 28.4. The summed E-state index contributed by atoms with van der Waals surface area (Å²) in [6, 6.07) is 0. The number of rotatable bonds is 4. The molecule has 2 heteroatoms. The Morgan fingerprint density at radius 3 is 2.27 bits per heavy atom. The maximum absolute atomic E-state index is 6.19. The van der Waals surface area contributed by atoms with Crippen LogP contribution in [0.15, 0.2) is 0 Å². The minimum atomic E-state index is 0.163. The fourth-order valence-electron chi connectivity index (χ4n) is 2.55. The highest BCUT2D eigenvalue weighted by Gasteiger charge is 2.39. The van der Waals surface area contributed by atoms with Gasteiger partial charge in [0.15, 0.2) is 0 Å². The van der Waals surface area contributed by atoms with Crippen LogP contribution in [-0.4, -0.2) is 25.4 Å². The van der Waals surface area contributed by atoms with Gasteiger partial charge in [0.2, 0.25) is 0 Å². The first-order chi connectivity index (χ1) is 7.18. The fraction of sp³-hybridized carbons (Fsp3) is 1.00. The summed E-state index contributed by atoms with van der Waals surface area (Å²) in [5.74, 6) is 0. The van der Waals surface area contributed by atoms with Crippen molar-refractivity contribution in [1.82, 2.24) is 0 Å². The zero-order valence-corrected chi connectivity index (χ0v) is 10.2. The maximum atomic E-state index is 6.19. The maximum Gasteiger partial charge on any atom is 0.0654 e. The zero-order valence-electron chi connectivity index (χ0n) is 10.2. The van der Waals surface area contributed by atoms with Crippen LogP contribution in [0.2, 0.25) is 0 Å². The molecule has 0 N–H and O–H groups in total. The summed E-state index contributed by atoms with van der Waals surface area (Å²) in [6.07, 6.45) is 7.74. The van der Waals surface area contributed by atoms with Crippen molar-refractivity contribution in [2.24, 2.45) is 5.41 Å². The van der Waals surface area contributed by atoms with Crippen molar-refractivity contribution in [3.05, 3.63) is 0 Å². The van der Waals surface area contributed by atoms with Crippen molar-refractivity contribution >= 4 is 0 Å². The van der Waals surface area contributed by atoms with Gasteiger partial charge in [0.1, 0.15) is 0 Å². The molecule has 0 amide bonds. The molecule has 88 valence electrons. The fourth-order valence-corrected chi connectivity index (χ4v) is 2.55. The van der Waals surface area contributed by atoms with E-state index < -0.39 is 0 Å². The van der Waals surface area contributed by atoms with E-state index >= 15 is 0 Å². The first-order valence-electron chi connectivity index (χ1n) is 6.40. The molecule has 2 aliphatic rings. The predicted octanol–water partition coefficient (Wildman–Crippen LogP) is 3.15. The van der Waals surface area contributed by atoms with Crippen molar-refractivity contribution in [2.45, 2.75) is 58.0 Å². The molecule has 0 aromatic carbocycles. The van der Waals surface area contributed by atoms with Crippen molar-refractivity contribution in [3.63, 3.8) is 0 Å². The Bertz CT molecular complexity index is 197. The summed E-state index contributed by atoms with van der Waals surface area (Å²) in [5, 5.41) is 0. The Labute approximate surface area is 93.3 Å². The van der Waals surface area contributed by atoms with Gasteiger partial charge in [-0.15, -0.1) is 0 Å². The lowest BCUT2D eigenvalue weighted by atomic mass is 9.82. The van der Waals surface area contributed by atoms with Gasteiger partial charge < -0.3 is 9.47 Å². The molecule has 0 aromatic rings. The van der Waals surface area contributed by atoms with Gasteiger partial charge in [-0.25, -0.2) is 0 Å². The minimum absolute atomic E-state index is 0.163. The SMILES string of the molecule is CCC1(COC2(C)CCCCC2)COC1. The summed E-state index contributed by atoms with van der Waals surface area (Å²) in [6.45, 7) is 7.24. The van der Waals surface area contributed by atoms with E-state index in [1.54, 1.807) is 0 Å². The van der Waals surface area contributed by atoms with Crippen LogP contribution >= 0.6 is 0 Å². The van der Waals surface area contributed by atoms with E-state index in [0.29, 0.717) is 5.41 Å². The molecule has 0 bridgehead atoms. The van der Waals surface area contributed by atoms with Gasteiger partial charge in [-0.05, 0) is 26.2 Å². The van der Waals surface area contributed by atoms with E-state index in [1.807, 2.05) is 0 Å². The van der Waals surface area contributed by atoms with Gasteiger partial charge in [0.05, 0.1) is 25.4 Å². The molecule has 0 spiro atoms. The second kappa shape index (κ2) is 4.42. The van der Waals surface area contributed by atoms with Crippen LogP contribution in [0.4, 0.5) is 0 Å². The predicted molar refractivity (Wildman–Crippen MR) is 61.0 cm³/mol. The highest BCUT2D eigenvalue weighted by molar-refractivity contribution is 4.87. The van der Waals surface area contributed by atoms with Crippen molar-refractivity contribution in [2.75, 3.05) is 19.8 Å². The first kappa shape index (κ1) is 11.4. The van der Waals surface area contributed by atoms with Crippen LogP contribution in [-0.2, 0) is 9.47 Å². The molecular weight excluding hydrogens is 188 g/mol. The number of hydrogen-bond donors (Lipinski definition) is 0. The molecule has 1 heterocycles. The van der Waals surface area contributed by atoms with Gasteiger partial charge >= 0.3 is 0 Å². The van der Waals surface area contributed by atoms with Gasteiger partial charge in [-0.2, -0.15) is 0 Å². The molecule has 1 aliphatic carbocycles. The second-order valence-electron chi connectivity index (χ2n) is 5.65. The largest absolute Gasteiger partial charge is 0.380 e. The standard InChI is InChI=1S/C13H24O2/c1-3-13(9-14-10-13)11-15-12(2)7-5-4-6-8-12/h3-11H2,1-2H3. The lowest BCUT2D eigenvalue weighted by Gasteiger charge is -2.44. The third-order valence-corrected chi connectivity index (χ3v) is 4.20. The average molecular weight is 212 g/mol. The molecule has 2 rings (SSSR count). The Hall–Kier alpha value is -0.0800. The van der Waals surface area contributed by atoms with E-state index in [2.05, 4.69) is 13.8 Å². The topological polar surface area (TPSA) is 18.5 Å². The van der Waals surface area contributed by atoms with E-state index in [1.165, 1.54) is 38.5 Å². The summed E-state index contributed by atoms with van der Waals surface area (Å²) in [7, 11) is 0. The Kier molecular flexibility index (Phi) is 3.36. The minimum Gasteiger partial charge on any atom is -0.380 e. The molecule has 1 saturated heterocycles. The van der Waals surface area contributed by atoms with Gasteiger partial charge in [-0.3, -0.25) is 0 Å². The van der Waals surface area contributed by atoms with E-state index in [9.17, 15) is 0 Å². The molecule has 2 nitrogen and oxygen atoms in total. The molecule has 0 radical (unpaired) electrons. The summed E-state index contributed by atoms with van der Waals surface area (Å²) in [4.78, 5) is 0. The Morgan fingerprint density at radius 2 is 1.80 bits per heavy atom. The van der Waals surface area contributed by atoms with Gasteiger partial charge in [0, 0.05) is 5.41 Å². The quantitative estimate of drug-likeness (QED) is 0.712. The molecule has 1 aliphatic heterocycles. The Morgan fingerprint density at radius 1 is 1.13 bits per heavy atom. The molecule has 15 heavy (non-hydrogen) atoms. The third-order valence-electron chi connectivity index (χ3n) is 4.20. The third kappa shape index (κ3) is 2.54. The monoisotopic (exact) mass is 212 g/mol. The summed E-state index contributed by atoms with van der Waals surface area (Å²) < 4.78 is 11.5. The molecular formula is C13H24O2. The van der Waals surface area contributed by atoms with E-state index in [4.69, 9.17) is 9.47 Å². The number of ether oxygens (including phenoxy) is 2. The molecule has 1 saturated carbocycles. The highest BCUT2D eigenvalue weighted by atomic mass is 16.5. The molecule has 0 unspecified atom stereocenters. The van der Waals surface area contributed by atoms with Crippen LogP contribution in [0, 0.1) is 5.41 Å². The van der Waals surface area contributed by atoms with Gasteiger partial charge in [-0.1, -0.05) is 26.2 Å². The van der Waals surface area contributed by atoms with Crippen LogP contribution < -0.4 is 0 Å². The highest BCUT2D eigenvalue weighted by Crippen LogP contribution is 2.36.